The molecule has 1 aliphatic rings. The van der Waals surface area contributed by atoms with E-state index in [1.54, 1.807) is 0 Å². The van der Waals surface area contributed by atoms with Crippen LogP contribution in [0.5, 0.6) is 0 Å². The fourth-order valence-corrected chi connectivity index (χ4v) is 2.62. The lowest BCUT2D eigenvalue weighted by Gasteiger charge is -2.33. The van der Waals surface area contributed by atoms with Crippen LogP contribution < -0.4 is 11.3 Å². The standard InChI is InChI=1S/C11H12F3N5O5/c12-11(13,14)10(23)5(21)3(1-20)24-8(10)19-2-16-4-6(19)17-9(15)18-7(4)22/h2-3,5,8,20-21,23H,1H2,(H3,15,17,18,22)/t3?,5?,8?,10-/m1/s1. The number of anilines is 1. The second-order valence-electron chi connectivity index (χ2n) is 5.25. The van der Waals surface area contributed by atoms with E-state index >= 15 is 0 Å². The predicted molar refractivity (Wildman–Crippen MR) is 70.6 cm³/mol. The molecule has 0 bridgehead atoms. The number of imidazole rings is 1. The van der Waals surface area contributed by atoms with Crippen LogP contribution in [0.3, 0.4) is 0 Å². The molecule has 0 aromatic carbocycles. The molecule has 13 heteroatoms. The van der Waals surface area contributed by atoms with Crippen LogP contribution in [-0.2, 0) is 4.74 Å². The van der Waals surface area contributed by atoms with Gasteiger partial charge in [-0.1, -0.05) is 0 Å². The maximum absolute atomic E-state index is 13.4. The average Bonchev–Trinajstić information content (AvgIpc) is 3.00. The first-order chi connectivity index (χ1) is 11.1. The zero-order valence-corrected chi connectivity index (χ0v) is 11.7. The third-order valence-corrected chi connectivity index (χ3v) is 3.82. The topological polar surface area (TPSA) is 160 Å². The van der Waals surface area contributed by atoms with Crippen molar-refractivity contribution in [3.05, 3.63) is 16.7 Å². The molecular formula is C11H12F3N5O5. The summed E-state index contributed by atoms with van der Waals surface area (Å²) in [5.41, 5.74) is 0.0903. The lowest BCUT2D eigenvalue weighted by atomic mass is 9.93. The van der Waals surface area contributed by atoms with Crippen molar-refractivity contribution in [3.63, 3.8) is 0 Å². The molecule has 1 aliphatic heterocycles. The second kappa shape index (κ2) is 5.14. The number of aliphatic hydroxyl groups excluding tert-OH is 2. The third kappa shape index (κ3) is 2.09. The highest BCUT2D eigenvalue weighted by molar-refractivity contribution is 5.70. The highest BCUT2D eigenvalue weighted by Crippen LogP contribution is 2.48. The number of ether oxygens (including phenoxy) is 1. The fourth-order valence-electron chi connectivity index (χ4n) is 2.62. The summed E-state index contributed by atoms with van der Waals surface area (Å²) >= 11 is 0. The molecule has 4 atom stereocenters. The van der Waals surface area contributed by atoms with Gasteiger partial charge in [-0.15, -0.1) is 0 Å². The Morgan fingerprint density at radius 2 is 2.17 bits per heavy atom. The molecule has 0 radical (unpaired) electrons. The summed E-state index contributed by atoms with van der Waals surface area (Å²) in [7, 11) is 0. The number of hydrogen-bond donors (Lipinski definition) is 5. The van der Waals surface area contributed by atoms with Crippen LogP contribution in [0, 0.1) is 0 Å². The smallest absolute Gasteiger partial charge is 0.394 e. The largest absolute Gasteiger partial charge is 0.424 e. The number of rotatable bonds is 2. The van der Waals surface area contributed by atoms with Crippen LogP contribution in [0.4, 0.5) is 19.1 Å². The summed E-state index contributed by atoms with van der Waals surface area (Å²) in [6.07, 6.45) is -10.9. The van der Waals surface area contributed by atoms with E-state index in [4.69, 9.17) is 15.6 Å². The van der Waals surface area contributed by atoms with Gasteiger partial charge in [0.05, 0.1) is 12.9 Å². The summed E-state index contributed by atoms with van der Waals surface area (Å²) in [6, 6.07) is 0. The van der Waals surface area contributed by atoms with Crippen LogP contribution in [0.15, 0.2) is 11.1 Å². The van der Waals surface area contributed by atoms with E-state index in [9.17, 15) is 28.2 Å². The number of hydrogen-bond acceptors (Lipinski definition) is 8. The van der Waals surface area contributed by atoms with Crippen molar-refractivity contribution in [2.75, 3.05) is 12.3 Å². The molecule has 132 valence electrons. The molecule has 3 rings (SSSR count). The first-order valence-electron chi connectivity index (χ1n) is 6.57. The van der Waals surface area contributed by atoms with Crippen LogP contribution in [0.2, 0.25) is 0 Å². The Bertz CT molecular complexity index is 836. The van der Waals surface area contributed by atoms with Gasteiger partial charge in [-0.05, 0) is 0 Å². The minimum absolute atomic E-state index is 0.334. The lowest BCUT2D eigenvalue weighted by molar-refractivity contribution is -0.303. The van der Waals surface area contributed by atoms with Crippen LogP contribution in [0.25, 0.3) is 11.2 Å². The number of aliphatic hydroxyl groups is 3. The van der Waals surface area contributed by atoms with Crippen LogP contribution in [0.1, 0.15) is 6.23 Å². The lowest BCUT2D eigenvalue weighted by Crippen LogP contribution is -2.57. The molecule has 0 spiro atoms. The second-order valence-corrected chi connectivity index (χ2v) is 5.25. The predicted octanol–water partition coefficient (Wildman–Crippen LogP) is -1.75. The van der Waals surface area contributed by atoms with Gasteiger partial charge >= 0.3 is 6.18 Å². The summed E-state index contributed by atoms with van der Waals surface area (Å²) in [5, 5.41) is 29.0. The summed E-state index contributed by atoms with van der Waals surface area (Å²) in [4.78, 5) is 21.1. The Balaban J connectivity index is 2.22. The molecule has 6 N–H and O–H groups in total. The third-order valence-electron chi connectivity index (χ3n) is 3.82. The van der Waals surface area contributed by atoms with E-state index in [1.807, 2.05) is 0 Å². The number of aromatic amines is 1. The maximum Gasteiger partial charge on any atom is 0.424 e. The summed E-state index contributed by atoms with van der Waals surface area (Å²) < 4.78 is 45.8. The first kappa shape index (κ1) is 16.6. The fraction of sp³-hybridized carbons (Fsp3) is 0.545. The van der Waals surface area contributed by atoms with Gasteiger partial charge in [-0.25, -0.2) is 4.98 Å². The molecule has 2 aromatic heterocycles. The molecule has 2 aromatic rings. The van der Waals surface area contributed by atoms with E-state index in [-0.39, 0.29) is 17.1 Å². The van der Waals surface area contributed by atoms with Gasteiger partial charge in [0.15, 0.2) is 17.4 Å². The number of halogens is 3. The number of alkyl halides is 3. The monoisotopic (exact) mass is 351 g/mol. The van der Waals surface area contributed by atoms with Crippen molar-refractivity contribution in [1.29, 1.82) is 0 Å². The minimum Gasteiger partial charge on any atom is -0.394 e. The number of fused-ring (bicyclic) bond motifs is 1. The highest BCUT2D eigenvalue weighted by Gasteiger charge is 2.70. The van der Waals surface area contributed by atoms with Crippen LogP contribution >= 0.6 is 0 Å². The van der Waals surface area contributed by atoms with E-state index < -0.39 is 42.4 Å². The first-order valence-corrected chi connectivity index (χ1v) is 6.57. The zero-order chi connectivity index (χ0) is 17.9. The van der Waals surface area contributed by atoms with Crippen molar-refractivity contribution >= 4 is 17.1 Å². The highest BCUT2D eigenvalue weighted by atomic mass is 19.4. The molecule has 3 unspecified atom stereocenters. The van der Waals surface area contributed by atoms with Gasteiger partial charge in [-0.3, -0.25) is 14.3 Å². The Labute approximate surface area is 130 Å². The van der Waals surface area contributed by atoms with E-state index in [1.165, 1.54) is 0 Å². The van der Waals surface area contributed by atoms with Crippen LogP contribution in [-0.4, -0.2) is 65.4 Å². The number of H-pyrrole nitrogens is 1. The Hall–Kier alpha value is -2.22. The number of aromatic nitrogens is 4. The SMILES string of the molecule is Nc1nc2c(ncn2C2OC(CO)C(O)[C@]2(O)C(F)(F)F)c(=O)[nH]1. The van der Waals surface area contributed by atoms with Gasteiger partial charge in [0.25, 0.3) is 5.56 Å². The van der Waals surface area contributed by atoms with Gasteiger partial charge in [-0.2, -0.15) is 18.2 Å². The average molecular weight is 351 g/mol. The van der Waals surface area contributed by atoms with E-state index in [0.717, 1.165) is 6.33 Å². The molecule has 10 nitrogen and oxygen atoms in total. The van der Waals surface area contributed by atoms with E-state index in [0.29, 0.717) is 4.57 Å². The number of nitrogens with one attached hydrogen (secondary N) is 1. The molecule has 0 aliphatic carbocycles. The van der Waals surface area contributed by atoms with E-state index in [2.05, 4.69) is 15.0 Å². The van der Waals surface area contributed by atoms with Crippen molar-refractivity contribution in [2.24, 2.45) is 0 Å². The molecule has 1 saturated heterocycles. The number of nitrogens with two attached hydrogens (primary N) is 1. The summed E-state index contributed by atoms with van der Waals surface area (Å²) in [6.45, 7) is -0.973. The van der Waals surface area contributed by atoms with Gasteiger partial charge in [0, 0.05) is 0 Å². The minimum atomic E-state index is -5.32. The molecule has 0 saturated carbocycles. The Morgan fingerprint density at radius 3 is 2.75 bits per heavy atom. The quantitative estimate of drug-likeness (QED) is 0.426. The van der Waals surface area contributed by atoms with Crippen molar-refractivity contribution in [2.45, 2.75) is 30.2 Å². The summed E-state index contributed by atoms with van der Waals surface area (Å²) in [5.74, 6) is -0.387. The normalized spacial score (nSPS) is 31.0. The van der Waals surface area contributed by atoms with Gasteiger partial charge in [0.2, 0.25) is 11.5 Å². The molecule has 1 fully saturated rings. The Kier molecular flexibility index (Phi) is 3.56. The maximum atomic E-state index is 13.4. The van der Waals surface area contributed by atoms with Gasteiger partial charge in [0.1, 0.15) is 12.2 Å². The number of nitrogen functional groups attached to an aromatic ring is 1. The van der Waals surface area contributed by atoms with Crippen molar-refractivity contribution in [1.82, 2.24) is 19.5 Å². The molecular weight excluding hydrogens is 339 g/mol. The molecule has 0 amide bonds. The molecule has 3 heterocycles. The van der Waals surface area contributed by atoms with Crippen molar-refractivity contribution in [3.8, 4) is 0 Å². The Morgan fingerprint density at radius 1 is 1.50 bits per heavy atom. The number of nitrogens with zero attached hydrogens (tertiary/aromatic N) is 3. The van der Waals surface area contributed by atoms with Gasteiger partial charge < -0.3 is 25.8 Å². The zero-order valence-electron chi connectivity index (χ0n) is 11.7. The molecule has 24 heavy (non-hydrogen) atoms. The van der Waals surface area contributed by atoms with Crippen molar-refractivity contribution < 1.29 is 33.2 Å².